The number of aromatic nitrogens is 3. The molecule has 0 atom stereocenters. The molecule has 0 radical (unpaired) electrons. The summed E-state index contributed by atoms with van der Waals surface area (Å²) < 4.78 is 17.2. The SMILES string of the molecule is c1ccc(-c2ccc(N(c3ccc4c(c3)c3ccccc3n4-c3ccc4oc5ccccc5c4c3)c3ccc4c(c3)c3ccccc3n4-c3ccc4oc5cccnc5c4c3)cc2)cc1. The highest BCUT2D eigenvalue weighted by molar-refractivity contribution is 6.14. The number of para-hydroxylation sites is 3. The summed E-state index contributed by atoms with van der Waals surface area (Å²) in [6, 6.07) is 75.8. The highest BCUT2D eigenvalue weighted by Gasteiger charge is 2.21. The number of rotatable bonds is 6. The van der Waals surface area contributed by atoms with E-state index in [-0.39, 0.29) is 0 Å². The van der Waals surface area contributed by atoms with Crippen LogP contribution in [-0.2, 0) is 0 Å². The van der Waals surface area contributed by atoms with Gasteiger partial charge in [-0.15, -0.1) is 0 Å². The van der Waals surface area contributed by atoms with Crippen molar-refractivity contribution < 1.29 is 8.83 Å². The Bertz CT molecular complexity index is 3960. The van der Waals surface area contributed by atoms with Gasteiger partial charge in [-0.2, -0.15) is 0 Å². The molecule has 0 aliphatic carbocycles. The van der Waals surface area contributed by atoms with Crippen molar-refractivity contribution in [2.45, 2.75) is 0 Å². The largest absolute Gasteiger partial charge is 0.456 e. The molecule has 5 heterocycles. The van der Waals surface area contributed by atoms with Crippen LogP contribution in [-0.4, -0.2) is 14.1 Å². The number of furan rings is 2. The second-order valence-corrected chi connectivity index (χ2v) is 16.8. The van der Waals surface area contributed by atoms with Crippen molar-refractivity contribution in [3.8, 4) is 22.5 Å². The van der Waals surface area contributed by atoms with Crippen LogP contribution in [0.4, 0.5) is 17.1 Å². The fourth-order valence-electron chi connectivity index (χ4n) is 10.2. The Morgan fingerprint density at radius 2 is 0.815 bits per heavy atom. The summed E-state index contributed by atoms with van der Waals surface area (Å²) in [7, 11) is 0. The monoisotopic (exact) mass is 832 g/mol. The van der Waals surface area contributed by atoms with Crippen molar-refractivity contribution in [1.29, 1.82) is 0 Å². The fourth-order valence-corrected chi connectivity index (χ4v) is 10.2. The fraction of sp³-hybridized carbons (Fsp3) is 0. The highest BCUT2D eigenvalue weighted by atomic mass is 16.3. The molecule has 0 bridgehead atoms. The molecule has 5 aromatic heterocycles. The molecule has 304 valence electrons. The van der Waals surface area contributed by atoms with Crippen LogP contribution in [0.15, 0.2) is 227 Å². The molecule has 0 fully saturated rings. The zero-order chi connectivity index (χ0) is 42.6. The van der Waals surface area contributed by atoms with Gasteiger partial charge >= 0.3 is 0 Å². The molecule has 14 aromatic rings. The Hall–Kier alpha value is -8.87. The van der Waals surface area contributed by atoms with Crippen molar-refractivity contribution in [2.75, 3.05) is 4.90 Å². The van der Waals surface area contributed by atoms with Crippen molar-refractivity contribution >= 4 is 105 Å². The summed E-state index contributed by atoms with van der Waals surface area (Å²) in [6.07, 6.45) is 1.83. The maximum absolute atomic E-state index is 6.24. The zero-order valence-corrected chi connectivity index (χ0v) is 34.9. The van der Waals surface area contributed by atoms with E-state index in [0.717, 1.165) is 94.5 Å². The Morgan fingerprint density at radius 1 is 0.323 bits per heavy atom. The van der Waals surface area contributed by atoms with Crippen molar-refractivity contribution in [1.82, 2.24) is 14.1 Å². The smallest absolute Gasteiger partial charge is 0.153 e. The van der Waals surface area contributed by atoms with Crippen molar-refractivity contribution in [3.05, 3.63) is 219 Å². The second-order valence-electron chi connectivity index (χ2n) is 16.8. The number of anilines is 3. The molecular formula is C59H36N4O2. The van der Waals surface area contributed by atoms with Gasteiger partial charge in [-0.3, -0.25) is 4.98 Å². The number of nitrogens with zero attached hydrogens (tertiary/aromatic N) is 4. The average molecular weight is 833 g/mol. The molecule has 6 nitrogen and oxygen atoms in total. The highest BCUT2D eigenvalue weighted by Crippen LogP contribution is 2.44. The van der Waals surface area contributed by atoms with Crippen LogP contribution in [0.3, 0.4) is 0 Å². The van der Waals surface area contributed by atoms with Crippen molar-refractivity contribution in [3.63, 3.8) is 0 Å². The molecule has 65 heavy (non-hydrogen) atoms. The molecule has 9 aromatic carbocycles. The lowest BCUT2D eigenvalue weighted by atomic mass is 10.0. The Balaban J connectivity index is 0.965. The van der Waals surface area contributed by atoms with Gasteiger partial charge in [-0.25, -0.2) is 0 Å². The van der Waals surface area contributed by atoms with Gasteiger partial charge in [0.25, 0.3) is 0 Å². The van der Waals surface area contributed by atoms with Crippen LogP contribution in [0.1, 0.15) is 0 Å². The number of fused-ring (bicyclic) bond motifs is 12. The van der Waals surface area contributed by atoms with E-state index >= 15 is 0 Å². The molecule has 6 heteroatoms. The zero-order valence-electron chi connectivity index (χ0n) is 34.9. The maximum Gasteiger partial charge on any atom is 0.153 e. The summed E-state index contributed by atoms with van der Waals surface area (Å²) >= 11 is 0. The quantitative estimate of drug-likeness (QED) is 0.167. The van der Waals surface area contributed by atoms with E-state index in [9.17, 15) is 0 Å². The van der Waals surface area contributed by atoms with Gasteiger partial charge in [0.2, 0.25) is 0 Å². The molecule has 0 saturated heterocycles. The number of hydrogen-bond donors (Lipinski definition) is 0. The predicted octanol–water partition coefficient (Wildman–Crippen LogP) is 16.2. The molecule has 0 aliphatic heterocycles. The molecular weight excluding hydrogens is 797 g/mol. The molecule has 14 rings (SSSR count). The lowest BCUT2D eigenvalue weighted by molar-refractivity contribution is 0.668. The van der Waals surface area contributed by atoms with E-state index in [0.29, 0.717) is 0 Å². The molecule has 0 unspecified atom stereocenters. The van der Waals surface area contributed by atoms with Crippen LogP contribution in [0.2, 0.25) is 0 Å². The maximum atomic E-state index is 6.24. The van der Waals surface area contributed by atoms with Crippen molar-refractivity contribution in [2.24, 2.45) is 0 Å². The third-order valence-electron chi connectivity index (χ3n) is 13.1. The average Bonchev–Trinajstić information content (AvgIpc) is 4.12. The van der Waals surface area contributed by atoms with E-state index in [2.05, 4.69) is 207 Å². The summed E-state index contributed by atoms with van der Waals surface area (Å²) in [4.78, 5) is 7.08. The molecule has 0 aliphatic rings. The van der Waals surface area contributed by atoms with E-state index in [1.165, 1.54) is 32.7 Å². The summed E-state index contributed by atoms with van der Waals surface area (Å²) in [6.45, 7) is 0. The molecule has 0 spiro atoms. The van der Waals surface area contributed by atoms with Gasteiger partial charge in [0.05, 0.1) is 22.1 Å². The molecule has 0 N–H and O–H groups in total. The normalized spacial score (nSPS) is 12.0. The van der Waals surface area contributed by atoms with Gasteiger partial charge in [0.15, 0.2) is 5.58 Å². The Labute approximate surface area is 372 Å². The van der Waals surface area contributed by atoms with Gasteiger partial charge in [-0.05, 0) is 126 Å². The van der Waals surface area contributed by atoms with Gasteiger partial charge in [0.1, 0.15) is 22.3 Å². The van der Waals surface area contributed by atoms with E-state index in [1.54, 1.807) is 0 Å². The number of hydrogen-bond acceptors (Lipinski definition) is 4. The first kappa shape index (κ1) is 35.7. The third-order valence-corrected chi connectivity index (χ3v) is 13.1. The lowest BCUT2D eigenvalue weighted by Crippen LogP contribution is -2.10. The third kappa shape index (κ3) is 5.44. The molecule has 0 amide bonds. The van der Waals surface area contributed by atoms with Crippen LogP contribution < -0.4 is 4.90 Å². The van der Waals surface area contributed by atoms with Crippen LogP contribution in [0.25, 0.3) is 110 Å². The minimum absolute atomic E-state index is 0.788. The van der Waals surface area contributed by atoms with E-state index in [4.69, 9.17) is 8.83 Å². The second kappa shape index (κ2) is 13.8. The minimum atomic E-state index is 0.788. The lowest BCUT2D eigenvalue weighted by Gasteiger charge is -2.26. The van der Waals surface area contributed by atoms with Gasteiger partial charge in [-0.1, -0.05) is 97.1 Å². The standard InChI is InChI=1S/C59H36N4O2/c1-2-11-37(12-3-1)38-20-22-39(23-21-38)61(40-24-28-53-47(33-40)44-13-4-7-16-51(44)62(53)42-26-30-56-49(35-42)46-15-6-9-18-55(46)64-56)41-25-29-54-48(34-41)45-14-5-8-17-52(45)63(54)43-27-31-57-50(36-43)59-58(65-57)19-10-32-60-59/h1-36H. The summed E-state index contributed by atoms with van der Waals surface area (Å²) in [5.41, 5.74) is 16.5. The minimum Gasteiger partial charge on any atom is -0.456 e. The van der Waals surface area contributed by atoms with Gasteiger partial charge in [0, 0.05) is 72.3 Å². The first-order valence-corrected chi connectivity index (χ1v) is 21.9. The van der Waals surface area contributed by atoms with E-state index in [1.807, 2.05) is 30.5 Å². The van der Waals surface area contributed by atoms with Crippen LogP contribution in [0.5, 0.6) is 0 Å². The van der Waals surface area contributed by atoms with Crippen LogP contribution in [0, 0.1) is 0 Å². The Morgan fingerprint density at radius 3 is 1.49 bits per heavy atom. The number of pyridine rings is 1. The first-order valence-electron chi connectivity index (χ1n) is 21.9. The molecule has 0 saturated carbocycles. The van der Waals surface area contributed by atoms with E-state index < -0.39 is 0 Å². The van der Waals surface area contributed by atoms with Gasteiger partial charge < -0.3 is 22.9 Å². The first-order chi connectivity index (χ1) is 32.2. The summed E-state index contributed by atoms with van der Waals surface area (Å²) in [5.74, 6) is 0. The van der Waals surface area contributed by atoms with Crippen LogP contribution >= 0.6 is 0 Å². The predicted molar refractivity (Wildman–Crippen MR) is 268 cm³/mol. The topological polar surface area (TPSA) is 52.3 Å². The Kier molecular flexibility index (Phi) is 7.59. The summed E-state index contributed by atoms with van der Waals surface area (Å²) in [5, 5.41) is 7.94. The number of benzene rings is 9.